The molecule has 2 aliphatic rings. The number of hydrogen-bond acceptors (Lipinski definition) is 7. The van der Waals surface area contributed by atoms with Gasteiger partial charge in [0.1, 0.15) is 17.6 Å². The summed E-state index contributed by atoms with van der Waals surface area (Å²) in [4.78, 5) is 33.4. The normalized spacial score (nSPS) is 16.1. The molecule has 4 heterocycles. The van der Waals surface area contributed by atoms with Gasteiger partial charge in [-0.05, 0) is 72.9 Å². The molecule has 6 rings (SSSR count). The summed E-state index contributed by atoms with van der Waals surface area (Å²) in [5, 5.41) is 12.5. The molecule has 1 aliphatic carbocycles. The molecule has 0 atom stereocenters. The van der Waals surface area contributed by atoms with E-state index in [1.807, 2.05) is 54.4 Å². The van der Waals surface area contributed by atoms with Crippen molar-refractivity contribution < 1.29 is 4.79 Å². The number of aromatic nitrogens is 4. The van der Waals surface area contributed by atoms with E-state index in [0.717, 1.165) is 79.2 Å². The smallest absolute Gasteiger partial charge is 0.225 e. The Morgan fingerprint density at radius 1 is 1.08 bits per heavy atom. The van der Waals surface area contributed by atoms with Crippen LogP contribution in [0, 0.1) is 24.2 Å². The summed E-state index contributed by atoms with van der Waals surface area (Å²) in [5.41, 5.74) is 6.04. The molecular formula is C28H28N8O. The van der Waals surface area contributed by atoms with Crippen molar-refractivity contribution in [3.63, 3.8) is 0 Å². The minimum absolute atomic E-state index is 0.293. The van der Waals surface area contributed by atoms with Gasteiger partial charge in [0.2, 0.25) is 11.9 Å². The van der Waals surface area contributed by atoms with Gasteiger partial charge in [0.25, 0.3) is 0 Å². The highest BCUT2D eigenvalue weighted by molar-refractivity contribution is 5.84. The number of fused-ring (bicyclic) bond motifs is 1. The van der Waals surface area contributed by atoms with Gasteiger partial charge < -0.3 is 15.2 Å². The molecule has 37 heavy (non-hydrogen) atoms. The fourth-order valence-corrected chi connectivity index (χ4v) is 4.88. The first kappa shape index (κ1) is 23.1. The van der Waals surface area contributed by atoms with E-state index in [1.54, 1.807) is 6.07 Å². The van der Waals surface area contributed by atoms with Gasteiger partial charge in [-0.1, -0.05) is 6.07 Å². The Hall–Kier alpha value is -4.29. The molecular weight excluding hydrogens is 464 g/mol. The minimum Gasteiger partial charge on any atom is -0.340 e. The molecule has 1 aliphatic heterocycles. The van der Waals surface area contributed by atoms with Gasteiger partial charge >= 0.3 is 0 Å². The molecule has 4 aromatic rings. The van der Waals surface area contributed by atoms with Crippen molar-refractivity contribution in [2.24, 2.45) is 5.92 Å². The molecule has 1 amide bonds. The third kappa shape index (κ3) is 5.15. The van der Waals surface area contributed by atoms with E-state index < -0.39 is 0 Å². The number of aryl methyl sites for hydroxylation is 1. The number of nitriles is 1. The summed E-state index contributed by atoms with van der Waals surface area (Å²) in [6.07, 6.45) is 3.93. The number of rotatable bonds is 6. The molecule has 2 fully saturated rings. The summed E-state index contributed by atoms with van der Waals surface area (Å²) in [6.45, 7) is 6.11. The number of nitrogens with one attached hydrogen (secondary N) is 2. The van der Waals surface area contributed by atoms with Crippen molar-refractivity contribution in [1.82, 2.24) is 29.7 Å². The molecule has 3 aromatic heterocycles. The lowest BCUT2D eigenvalue weighted by atomic mass is 10.0. The topological polar surface area (TPSA) is 114 Å². The number of nitrogens with zero attached hydrogens (tertiary/aromatic N) is 6. The van der Waals surface area contributed by atoms with E-state index in [4.69, 9.17) is 0 Å². The first-order valence-electron chi connectivity index (χ1n) is 12.7. The van der Waals surface area contributed by atoms with Crippen LogP contribution in [0.15, 0.2) is 48.7 Å². The molecule has 1 aromatic carbocycles. The molecule has 2 N–H and O–H groups in total. The number of carbonyl (C=O) groups is 1. The zero-order valence-electron chi connectivity index (χ0n) is 20.7. The summed E-state index contributed by atoms with van der Waals surface area (Å²) >= 11 is 0. The first-order valence-corrected chi connectivity index (χ1v) is 12.7. The van der Waals surface area contributed by atoms with Crippen molar-refractivity contribution in [2.75, 3.05) is 31.5 Å². The SMILES string of the molecule is Cc1cc(-c2ccc3nc(Nc4cc(CN5CCN(C(=O)C6CC6)CC5)ccn4)[nH]c3c2)cc(C#N)n1. The highest BCUT2D eigenvalue weighted by Crippen LogP contribution is 2.31. The van der Waals surface area contributed by atoms with Crippen molar-refractivity contribution in [3.05, 3.63) is 65.6 Å². The van der Waals surface area contributed by atoms with Crippen molar-refractivity contribution >= 4 is 28.7 Å². The van der Waals surface area contributed by atoms with Gasteiger partial charge in [-0.25, -0.2) is 15.0 Å². The maximum atomic E-state index is 12.3. The fourth-order valence-electron chi connectivity index (χ4n) is 4.88. The standard InChI is InChI=1S/C28H28N8O/c1-18-12-22(14-23(16-29)31-18)21-4-5-24-25(15-21)33-28(32-24)34-26-13-19(6-7-30-26)17-35-8-10-36(11-9-35)27(37)20-2-3-20/h4-7,12-15,20H,2-3,8-11,17H2,1H3,(H2,30,32,33,34). The Labute approximate surface area is 215 Å². The van der Waals surface area contributed by atoms with Crippen molar-refractivity contribution in [1.29, 1.82) is 5.26 Å². The van der Waals surface area contributed by atoms with E-state index in [-0.39, 0.29) is 0 Å². The minimum atomic E-state index is 0.293. The van der Waals surface area contributed by atoms with Crippen LogP contribution in [-0.2, 0) is 11.3 Å². The third-order valence-electron chi connectivity index (χ3n) is 6.97. The van der Waals surface area contributed by atoms with E-state index in [9.17, 15) is 10.1 Å². The van der Waals surface area contributed by atoms with E-state index in [1.165, 1.54) is 5.56 Å². The number of benzene rings is 1. The molecule has 0 unspecified atom stereocenters. The monoisotopic (exact) mass is 492 g/mol. The lowest BCUT2D eigenvalue weighted by Crippen LogP contribution is -2.48. The van der Waals surface area contributed by atoms with Gasteiger partial charge in [-0.3, -0.25) is 9.69 Å². The summed E-state index contributed by atoms with van der Waals surface area (Å²) in [5.74, 6) is 1.98. The average Bonchev–Trinajstić information content (AvgIpc) is 3.68. The maximum Gasteiger partial charge on any atom is 0.225 e. The second kappa shape index (κ2) is 9.64. The number of piperazine rings is 1. The van der Waals surface area contributed by atoms with Gasteiger partial charge in [0, 0.05) is 50.5 Å². The fraction of sp³-hybridized carbons (Fsp3) is 0.321. The van der Waals surface area contributed by atoms with Gasteiger partial charge in [-0.15, -0.1) is 0 Å². The van der Waals surface area contributed by atoms with Crippen LogP contribution in [0.1, 0.15) is 29.8 Å². The molecule has 0 spiro atoms. The van der Waals surface area contributed by atoms with Crippen LogP contribution in [0.5, 0.6) is 0 Å². The Morgan fingerprint density at radius 3 is 2.70 bits per heavy atom. The molecule has 9 nitrogen and oxygen atoms in total. The lowest BCUT2D eigenvalue weighted by Gasteiger charge is -2.34. The largest absolute Gasteiger partial charge is 0.340 e. The molecule has 9 heteroatoms. The molecule has 186 valence electrons. The van der Waals surface area contributed by atoms with Crippen molar-refractivity contribution in [2.45, 2.75) is 26.3 Å². The number of amides is 1. The van der Waals surface area contributed by atoms with Crippen LogP contribution < -0.4 is 5.32 Å². The van der Waals surface area contributed by atoms with Crippen LogP contribution >= 0.6 is 0 Å². The number of H-pyrrole nitrogens is 1. The third-order valence-corrected chi connectivity index (χ3v) is 6.97. The molecule has 0 bridgehead atoms. The zero-order valence-corrected chi connectivity index (χ0v) is 20.7. The van der Waals surface area contributed by atoms with Crippen LogP contribution in [0.4, 0.5) is 11.8 Å². The number of imidazole rings is 1. The Bertz CT molecular complexity index is 1510. The van der Waals surface area contributed by atoms with Gasteiger partial charge in [0.15, 0.2) is 0 Å². The summed E-state index contributed by atoms with van der Waals surface area (Å²) in [7, 11) is 0. The second-order valence-electron chi connectivity index (χ2n) is 9.86. The average molecular weight is 493 g/mol. The van der Waals surface area contributed by atoms with E-state index in [2.05, 4.69) is 36.2 Å². The first-order chi connectivity index (χ1) is 18.0. The second-order valence-corrected chi connectivity index (χ2v) is 9.86. The Morgan fingerprint density at radius 2 is 1.92 bits per heavy atom. The lowest BCUT2D eigenvalue weighted by molar-refractivity contribution is -0.134. The number of aromatic amines is 1. The molecule has 1 saturated heterocycles. The van der Waals surface area contributed by atoms with Gasteiger partial charge in [0.05, 0.1) is 11.0 Å². The Kier molecular flexibility index (Phi) is 6.02. The van der Waals surface area contributed by atoms with Crippen LogP contribution in [-0.4, -0.2) is 61.8 Å². The molecule has 0 radical (unpaired) electrons. The predicted molar refractivity (Wildman–Crippen MR) is 141 cm³/mol. The van der Waals surface area contributed by atoms with Crippen LogP contribution in [0.25, 0.3) is 22.2 Å². The number of anilines is 2. The van der Waals surface area contributed by atoms with Crippen LogP contribution in [0.3, 0.4) is 0 Å². The number of hydrogen-bond donors (Lipinski definition) is 2. The number of carbonyl (C=O) groups excluding carboxylic acids is 1. The zero-order chi connectivity index (χ0) is 25.4. The van der Waals surface area contributed by atoms with E-state index in [0.29, 0.717) is 23.5 Å². The number of pyridine rings is 2. The summed E-state index contributed by atoms with van der Waals surface area (Å²) in [6, 6.07) is 16.0. The summed E-state index contributed by atoms with van der Waals surface area (Å²) < 4.78 is 0. The van der Waals surface area contributed by atoms with Crippen LogP contribution in [0.2, 0.25) is 0 Å². The molecule has 1 saturated carbocycles. The van der Waals surface area contributed by atoms with Crippen molar-refractivity contribution in [3.8, 4) is 17.2 Å². The van der Waals surface area contributed by atoms with E-state index >= 15 is 0 Å². The highest BCUT2D eigenvalue weighted by atomic mass is 16.2. The van der Waals surface area contributed by atoms with Gasteiger partial charge in [-0.2, -0.15) is 5.26 Å². The highest BCUT2D eigenvalue weighted by Gasteiger charge is 2.34. The maximum absolute atomic E-state index is 12.3. The predicted octanol–water partition coefficient (Wildman–Crippen LogP) is 4.00. The Balaban J connectivity index is 1.13. The quantitative estimate of drug-likeness (QED) is 0.418.